The number of rotatable bonds is 4. The third-order valence-electron chi connectivity index (χ3n) is 3.72. The van der Waals surface area contributed by atoms with Crippen molar-refractivity contribution in [3.8, 4) is 35.2 Å². The lowest BCUT2D eigenvalue weighted by atomic mass is 9.97. The number of hydrogen-bond acceptors (Lipinski definition) is 3. The minimum Gasteiger partial charge on any atom is -0.507 e. The first-order chi connectivity index (χ1) is 11.0. The molecule has 23 heavy (non-hydrogen) atoms. The molecular weight excluding hydrogens is 288 g/mol. The van der Waals surface area contributed by atoms with Crippen molar-refractivity contribution in [2.24, 2.45) is 0 Å². The lowest BCUT2D eigenvalue weighted by Gasteiger charge is -2.13. The fourth-order valence-corrected chi connectivity index (χ4v) is 2.15. The number of unbranched alkanes of at least 4 members (excludes halogenated alkanes) is 2. The van der Waals surface area contributed by atoms with E-state index in [2.05, 4.69) is 23.7 Å². The summed E-state index contributed by atoms with van der Waals surface area (Å²) in [6.07, 6.45) is 6.71. The molecule has 122 valence electrons. The zero-order valence-corrected chi connectivity index (χ0v) is 14.0. The zero-order valence-electron chi connectivity index (χ0n) is 14.0. The zero-order chi connectivity index (χ0) is 17.2. The molecule has 0 aliphatic heterocycles. The van der Waals surface area contributed by atoms with Gasteiger partial charge in [0.05, 0.1) is 0 Å². The van der Waals surface area contributed by atoms with E-state index in [0.717, 1.165) is 19.3 Å². The number of allylic oxidation sites excluding steroid dienone is 1. The van der Waals surface area contributed by atoms with Gasteiger partial charge in [0.25, 0.3) is 0 Å². The summed E-state index contributed by atoms with van der Waals surface area (Å²) in [5.41, 5.74) is 2.73. The molecule has 3 N–H and O–H groups in total. The average molecular weight is 312 g/mol. The van der Waals surface area contributed by atoms with Crippen LogP contribution < -0.4 is 0 Å². The van der Waals surface area contributed by atoms with E-state index in [0.29, 0.717) is 28.7 Å². The molecule has 0 atom stereocenters. The SMILES string of the molecule is Cc1c(C)c(O)c(C=CCC#CCCCC#CCO)c(C)c1O. The molecule has 0 spiro atoms. The number of aromatic hydroxyl groups is 2. The van der Waals surface area contributed by atoms with Crippen LogP contribution in [0, 0.1) is 44.5 Å². The highest BCUT2D eigenvalue weighted by molar-refractivity contribution is 5.68. The van der Waals surface area contributed by atoms with Gasteiger partial charge >= 0.3 is 0 Å². The molecule has 1 rings (SSSR count). The van der Waals surface area contributed by atoms with Crippen LogP contribution in [0.15, 0.2) is 6.08 Å². The smallest absolute Gasteiger partial charge is 0.126 e. The van der Waals surface area contributed by atoms with Crippen molar-refractivity contribution in [3.05, 3.63) is 28.3 Å². The van der Waals surface area contributed by atoms with Gasteiger partial charge in [-0.25, -0.2) is 0 Å². The van der Waals surface area contributed by atoms with Gasteiger partial charge < -0.3 is 15.3 Å². The molecule has 0 aliphatic carbocycles. The van der Waals surface area contributed by atoms with Gasteiger partial charge in [0, 0.05) is 30.4 Å². The van der Waals surface area contributed by atoms with E-state index in [4.69, 9.17) is 5.11 Å². The monoisotopic (exact) mass is 312 g/mol. The van der Waals surface area contributed by atoms with Gasteiger partial charge in [-0.2, -0.15) is 0 Å². The third kappa shape index (κ3) is 5.40. The van der Waals surface area contributed by atoms with E-state index in [1.54, 1.807) is 26.8 Å². The van der Waals surface area contributed by atoms with Crippen molar-refractivity contribution in [2.75, 3.05) is 6.61 Å². The lowest BCUT2D eigenvalue weighted by molar-refractivity contribution is 0.350. The molecular formula is C20H24O3. The van der Waals surface area contributed by atoms with Crippen molar-refractivity contribution in [1.29, 1.82) is 0 Å². The first-order valence-corrected chi connectivity index (χ1v) is 7.71. The van der Waals surface area contributed by atoms with Gasteiger partial charge in [0.15, 0.2) is 0 Å². The van der Waals surface area contributed by atoms with Crippen molar-refractivity contribution >= 4 is 6.08 Å². The van der Waals surface area contributed by atoms with Gasteiger partial charge in [-0.1, -0.05) is 24.0 Å². The first kappa shape index (κ1) is 18.7. The van der Waals surface area contributed by atoms with Crippen molar-refractivity contribution < 1.29 is 15.3 Å². The number of phenols is 2. The number of aliphatic hydroxyl groups is 1. The Hall–Kier alpha value is -2.36. The molecule has 1 aromatic rings. The summed E-state index contributed by atoms with van der Waals surface area (Å²) in [5, 5.41) is 28.8. The first-order valence-electron chi connectivity index (χ1n) is 7.71. The summed E-state index contributed by atoms with van der Waals surface area (Å²) in [7, 11) is 0. The standard InChI is InChI=1S/C20H24O3/c1-15-16(2)20(23)18(17(3)19(15)22)13-11-9-7-5-4-6-8-10-12-14-21/h11,13,21-23H,4,6,8-9,14H2,1-3H3. The van der Waals surface area contributed by atoms with Crippen molar-refractivity contribution in [3.63, 3.8) is 0 Å². The molecule has 0 saturated heterocycles. The van der Waals surface area contributed by atoms with Crippen molar-refractivity contribution in [2.45, 2.75) is 46.5 Å². The summed E-state index contributed by atoms with van der Waals surface area (Å²) in [4.78, 5) is 0. The van der Waals surface area contributed by atoms with Crippen molar-refractivity contribution in [1.82, 2.24) is 0 Å². The molecule has 3 nitrogen and oxygen atoms in total. The van der Waals surface area contributed by atoms with E-state index in [-0.39, 0.29) is 18.1 Å². The van der Waals surface area contributed by atoms with Crippen LogP contribution in [0.5, 0.6) is 11.5 Å². The molecule has 0 amide bonds. The van der Waals surface area contributed by atoms with E-state index in [1.165, 1.54) is 0 Å². The molecule has 0 unspecified atom stereocenters. The van der Waals surface area contributed by atoms with E-state index in [9.17, 15) is 10.2 Å². The molecule has 0 fully saturated rings. The highest BCUT2D eigenvalue weighted by atomic mass is 16.3. The molecule has 1 aromatic carbocycles. The largest absolute Gasteiger partial charge is 0.507 e. The Morgan fingerprint density at radius 1 is 0.826 bits per heavy atom. The maximum atomic E-state index is 10.2. The summed E-state index contributed by atoms with van der Waals surface area (Å²) < 4.78 is 0. The highest BCUT2D eigenvalue weighted by Gasteiger charge is 2.13. The minimum absolute atomic E-state index is 0.0865. The topological polar surface area (TPSA) is 60.7 Å². The Bertz CT molecular complexity index is 663. The summed E-state index contributed by atoms with van der Waals surface area (Å²) in [6.45, 7) is 5.29. The van der Waals surface area contributed by atoms with Gasteiger partial charge in [0.2, 0.25) is 0 Å². The summed E-state index contributed by atoms with van der Waals surface area (Å²) in [6, 6.07) is 0. The van der Waals surface area contributed by atoms with E-state index < -0.39 is 0 Å². The Morgan fingerprint density at radius 2 is 1.43 bits per heavy atom. The number of phenolic OH excluding ortho intramolecular Hbond substituents is 2. The van der Waals surface area contributed by atoms with Gasteiger partial charge in [0.1, 0.15) is 18.1 Å². The highest BCUT2D eigenvalue weighted by Crippen LogP contribution is 2.36. The molecule has 0 heterocycles. The second-order valence-corrected chi connectivity index (χ2v) is 5.31. The minimum atomic E-state index is -0.0865. The van der Waals surface area contributed by atoms with Crippen LogP contribution in [0.25, 0.3) is 6.08 Å². The molecule has 0 aromatic heterocycles. The Balaban J connectivity index is 2.60. The van der Waals surface area contributed by atoms with Crippen LogP contribution in [-0.4, -0.2) is 21.9 Å². The summed E-state index contributed by atoms with van der Waals surface area (Å²) in [5.74, 6) is 12.0. The van der Waals surface area contributed by atoms with Crippen LogP contribution in [-0.2, 0) is 0 Å². The fraction of sp³-hybridized carbons (Fsp3) is 0.400. The average Bonchev–Trinajstić information content (AvgIpc) is 2.55. The molecule has 0 radical (unpaired) electrons. The molecule has 3 heteroatoms. The second kappa shape index (κ2) is 9.62. The Morgan fingerprint density at radius 3 is 2.09 bits per heavy atom. The lowest BCUT2D eigenvalue weighted by Crippen LogP contribution is -1.91. The third-order valence-corrected chi connectivity index (χ3v) is 3.72. The quantitative estimate of drug-likeness (QED) is 0.452. The van der Waals surface area contributed by atoms with Gasteiger partial charge in [-0.15, -0.1) is 11.8 Å². The Labute approximate surface area is 138 Å². The molecule has 0 saturated carbocycles. The normalized spacial score (nSPS) is 10.1. The van der Waals surface area contributed by atoms with E-state index in [1.807, 2.05) is 6.08 Å². The second-order valence-electron chi connectivity index (χ2n) is 5.31. The fourth-order valence-electron chi connectivity index (χ4n) is 2.15. The van der Waals surface area contributed by atoms with Gasteiger partial charge in [-0.3, -0.25) is 0 Å². The number of aliphatic hydroxyl groups excluding tert-OH is 1. The maximum Gasteiger partial charge on any atom is 0.126 e. The molecule has 0 aliphatic rings. The van der Waals surface area contributed by atoms with Crippen LogP contribution in [0.4, 0.5) is 0 Å². The predicted octanol–water partition coefficient (Wildman–Crippen LogP) is 3.60. The van der Waals surface area contributed by atoms with E-state index >= 15 is 0 Å². The maximum absolute atomic E-state index is 10.2. The number of hydrogen-bond donors (Lipinski definition) is 3. The summed E-state index contributed by atoms with van der Waals surface area (Å²) >= 11 is 0. The van der Waals surface area contributed by atoms with Crippen LogP contribution >= 0.6 is 0 Å². The predicted molar refractivity (Wildman–Crippen MR) is 94.1 cm³/mol. The Kier molecular flexibility index (Phi) is 7.81. The van der Waals surface area contributed by atoms with Gasteiger partial charge in [-0.05, 0) is 38.3 Å². The van der Waals surface area contributed by atoms with Crippen LogP contribution in [0.1, 0.15) is 47.9 Å². The van der Waals surface area contributed by atoms with Crippen LogP contribution in [0.3, 0.4) is 0 Å². The van der Waals surface area contributed by atoms with Crippen LogP contribution in [0.2, 0.25) is 0 Å². The molecule has 0 bridgehead atoms. The number of benzene rings is 1.